The zero-order chi connectivity index (χ0) is 15.2. The summed E-state index contributed by atoms with van der Waals surface area (Å²) in [7, 11) is 0. The quantitative estimate of drug-likeness (QED) is 0.792. The molecule has 1 heterocycles. The van der Waals surface area contributed by atoms with E-state index in [0.29, 0.717) is 10.0 Å². The maximum absolute atomic E-state index is 6.30. The molecule has 0 bridgehead atoms. The Morgan fingerprint density at radius 2 is 2.10 bits per heavy atom. The third-order valence-corrected chi connectivity index (χ3v) is 4.78. The molecule has 6 heteroatoms. The van der Waals surface area contributed by atoms with E-state index in [1.165, 1.54) is 16.4 Å². The summed E-state index contributed by atoms with van der Waals surface area (Å²) in [6.07, 6.45) is 2.79. The van der Waals surface area contributed by atoms with Gasteiger partial charge in [-0.05, 0) is 55.0 Å². The van der Waals surface area contributed by atoms with Gasteiger partial charge in [0.2, 0.25) is 0 Å². The first-order valence-electron chi connectivity index (χ1n) is 7.14. The average Bonchev–Trinajstić information content (AvgIpc) is 2.94. The molecule has 3 nitrogen and oxygen atoms in total. The van der Waals surface area contributed by atoms with Crippen LogP contribution in [-0.4, -0.2) is 16.1 Å². The molecule has 0 radical (unpaired) electrons. The van der Waals surface area contributed by atoms with E-state index in [0.717, 1.165) is 37.1 Å². The van der Waals surface area contributed by atoms with Gasteiger partial charge in [0.25, 0.3) is 0 Å². The molecule has 1 aromatic heterocycles. The highest BCUT2D eigenvalue weighted by Crippen LogP contribution is 2.29. The minimum atomic E-state index is 0.193. The first-order chi connectivity index (χ1) is 10.2. The van der Waals surface area contributed by atoms with Crippen LogP contribution in [0.3, 0.4) is 0 Å². The van der Waals surface area contributed by atoms with Crippen LogP contribution in [0.25, 0.3) is 0 Å². The normalized spacial score (nSPS) is 12.6. The van der Waals surface area contributed by atoms with E-state index in [4.69, 9.17) is 23.2 Å². The Morgan fingerprint density at radius 3 is 2.76 bits per heavy atom. The predicted molar refractivity (Wildman–Crippen MR) is 90.5 cm³/mol. The van der Waals surface area contributed by atoms with Gasteiger partial charge in [0.05, 0.1) is 10.6 Å². The van der Waals surface area contributed by atoms with Gasteiger partial charge in [0, 0.05) is 16.1 Å². The number of hydrogen-bond donors (Lipinski definition) is 1. The Balaban J connectivity index is 2.24. The molecule has 1 atom stereocenters. The van der Waals surface area contributed by atoms with Gasteiger partial charge in [0.15, 0.2) is 0 Å². The van der Waals surface area contributed by atoms with Crippen molar-refractivity contribution in [2.24, 2.45) is 0 Å². The molecule has 0 amide bonds. The molecule has 0 saturated carbocycles. The van der Waals surface area contributed by atoms with Crippen molar-refractivity contribution in [2.75, 3.05) is 6.54 Å². The third kappa shape index (κ3) is 4.39. The minimum absolute atomic E-state index is 0.193. The summed E-state index contributed by atoms with van der Waals surface area (Å²) in [5, 5.41) is 9.16. The van der Waals surface area contributed by atoms with Gasteiger partial charge in [-0.25, -0.2) is 0 Å². The molecule has 0 saturated heterocycles. The van der Waals surface area contributed by atoms with Crippen LogP contribution in [0.5, 0.6) is 0 Å². The molecule has 114 valence electrons. The van der Waals surface area contributed by atoms with Crippen LogP contribution in [0.4, 0.5) is 0 Å². The molecule has 0 aliphatic rings. The van der Waals surface area contributed by atoms with E-state index in [-0.39, 0.29) is 6.04 Å². The fourth-order valence-corrected chi connectivity index (χ4v) is 3.51. The smallest absolute Gasteiger partial charge is 0.0801 e. The van der Waals surface area contributed by atoms with Crippen LogP contribution >= 0.6 is 34.7 Å². The number of aryl methyl sites for hydroxylation is 1. The lowest BCUT2D eigenvalue weighted by Gasteiger charge is -2.18. The molecule has 0 spiro atoms. The van der Waals surface area contributed by atoms with Crippen LogP contribution in [-0.2, 0) is 12.8 Å². The third-order valence-electron chi connectivity index (χ3n) is 3.32. The lowest BCUT2D eigenvalue weighted by molar-refractivity contribution is 0.532. The second-order valence-corrected chi connectivity index (χ2v) is 6.51. The topological polar surface area (TPSA) is 37.8 Å². The molecule has 2 aromatic rings. The summed E-state index contributed by atoms with van der Waals surface area (Å²) in [6, 6.07) is 5.86. The zero-order valence-electron chi connectivity index (χ0n) is 12.2. The molecule has 2 rings (SSSR count). The van der Waals surface area contributed by atoms with Crippen LogP contribution in [0.15, 0.2) is 18.2 Å². The van der Waals surface area contributed by atoms with Gasteiger partial charge >= 0.3 is 0 Å². The largest absolute Gasteiger partial charge is 0.309 e. The highest BCUT2D eigenvalue weighted by molar-refractivity contribution is 7.05. The summed E-state index contributed by atoms with van der Waals surface area (Å²) in [6.45, 7) is 5.22. The van der Waals surface area contributed by atoms with Crippen molar-refractivity contribution >= 4 is 34.7 Å². The second-order valence-electron chi connectivity index (χ2n) is 4.88. The van der Waals surface area contributed by atoms with Crippen molar-refractivity contribution in [3.8, 4) is 0 Å². The van der Waals surface area contributed by atoms with E-state index in [2.05, 4.69) is 28.8 Å². The number of halogens is 2. The fraction of sp³-hybridized carbons (Fsp3) is 0.467. The highest BCUT2D eigenvalue weighted by Gasteiger charge is 2.19. The monoisotopic (exact) mass is 343 g/mol. The van der Waals surface area contributed by atoms with Gasteiger partial charge in [-0.2, -0.15) is 0 Å². The summed E-state index contributed by atoms with van der Waals surface area (Å²) >= 11 is 13.7. The van der Waals surface area contributed by atoms with Gasteiger partial charge in [-0.1, -0.05) is 47.6 Å². The highest BCUT2D eigenvalue weighted by atomic mass is 35.5. The Kier molecular flexibility index (Phi) is 6.42. The van der Waals surface area contributed by atoms with Gasteiger partial charge < -0.3 is 5.32 Å². The summed E-state index contributed by atoms with van der Waals surface area (Å²) in [5.74, 6) is 0. The number of rotatable bonds is 7. The van der Waals surface area contributed by atoms with Crippen molar-refractivity contribution in [2.45, 2.75) is 39.2 Å². The van der Waals surface area contributed by atoms with Crippen molar-refractivity contribution < 1.29 is 0 Å². The molecule has 1 aromatic carbocycles. The van der Waals surface area contributed by atoms with Crippen molar-refractivity contribution in [1.29, 1.82) is 0 Å². The van der Waals surface area contributed by atoms with Crippen molar-refractivity contribution in [3.05, 3.63) is 44.4 Å². The van der Waals surface area contributed by atoms with Gasteiger partial charge in [0.1, 0.15) is 0 Å². The fourth-order valence-electron chi connectivity index (χ4n) is 2.21. The zero-order valence-corrected chi connectivity index (χ0v) is 14.5. The van der Waals surface area contributed by atoms with Crippen molar-refractivity contribution in [3.63, 3.8) is 0 Å². The molecule has 0 fully saturated rings. The van der Waals surface area contributed by atoms with E-state index < -0.39 is 0 Å². The van der Waals surface area contributed by atoms with E-state index in [1.807, 2.05) is 12.1 Å². The van der Waals surface area contributed by atoms with Crippen LogP contribution < -0.4 is 5.32 Å². The first-order valence-corrected chi connectivity index (χ1v) is 8.67. The first kappa shape index (κ1) is 16.7. The molecular weight excluding hydrogens is 325 g/mol. The Morgan fingerprint density at radius 1 is 1.29 bits per heavy atom. The number of nitrogens with zero attached hydrogens (tertiary/aromatic N) is 2. The summed E-state index contributed by atoms with van der Waals surface area (Å²) in [5.41, 5.74) is 2.16. The van der Waals surface area contributed by atoms with Crippen molar-refractivity contribution in [1.82, 2.24) is 14.9 Å². The molecule has 0 aliphatic carbocycles. The lowest BCUT2D eigenvalue weighted by Crippen LogP contribution is -2.24. The number of hydrogen-bond acceptors (Lipinski definition) is 4. The molecular formula is C15H19Cl2N3S. The summed E-state index contributed by atoms with van der Waals surface area (Å²) in [4.78, 5) is 1.21. The Hall–Kier alpha value is -0.680. The maximum Gasteiger partial charge on any atom is 0.0801 e. The van der Waals surface area contributed by atoms with E-state index in [1.54, 1.807) is 6.07 Å². The molecule has 1 N–H and O–H groups in total. The number of benzene rings is 1. The molecule has 0 aliphatic heterocycles. The predicted octanol–water partition coefficient (Wildman–Crippen LogP) is 4.69. The second kappa shape index (κ2) is 8.08. The summed E-state index contributed by atoms with van der Waals surface area (Å²) < 4.78 is 4.10. The lowest BCUT2D eigenvalue weighted by atomic mass is 10.0. The maximum atomic E-state index is 6.30. The van der Waals surface area contributed by atoms with Crippen LogP contribution in [0, 0.1) is 0 Å². The van der Waals surface area contributed by atoms with E-state index >= 15 is 0 Å². The van der Waals surface area contributed by atoms with Gasteiger partial charge in [-0.3, -0.25) is 0 Å². The SMILES string of the molecule is CCCNC(Cc1ccc(Cl)cc1Cl)c1snnc1CC. The minimum Gasteiger partial charge on any atom is -0.309 e. The standard InChI is InChI=1S/C15H19Cl2N3S/c1-3-7-18-14(15-13(4-2)19-20-21-15)8-10-5-6-11(16)9-12(10)17/h5-6,9,14,18H,3-4,7-8H2,1-2H3. The average molecular weight is 344 g/mol. The Bertz CT molecular complexity index is 586. The number of aromatic nitrogens is 2. The van der Waals surface area contributed by atoms with Crippen LogP contribution in [0.2, 0.25) is 10.0 Å². The van der Waals surface area contributed by atoms with Gasteiger partial charge in [-0.15, -0.1) is 5.10 Å². The molecule has 1 unspecified atom stereocenters. The number of nitrogens with one attached hydrogen (secondary N) is 1. The van der Waals surface area contributed by atoms with E-state index in [9.17, 15) is 0 Å². The Labute approximate surface area is 139 Å². The van der Waals surface area contributed by atoms with Crippen LogP contribution in [0.1, 0.15) is 42.4 Å². The molecule has 21 heavy (non-hydrogen) atoms.